The number of hydrogen-bond donors (Lipinski definition) is 1. The fourth-order valence-electron chi connectivity index (χ4n) is 1.61. The van der Waals surface area contributed by atoms with Crippen molar-refractivity contribution in [2.75, 3.05) is 6.61 Å². The van der Waals surface area contributed by atoms with E-state index in [0.717, 1.165) is 18.4 Å². The third kappa shape index (κ3) is 3.70. The molecule has 0 bridgehead atoms. The Morgan fingerprint density at radius 2 is 2.12 bits per heavy atom. The second kappa shape index (κ2) is 5.05. The van der Waals surface area contributed by atoms with Crippen molar-refractivity contribution in [3.63, 3.8) is 0 Å². The molecule has 1 fully saturated rings. The van der Waals surface area contributed by atoms with E-state index in [1.54, 1.807) is 19.1 Å². The summed E-state index contributed by atoms with van der Waals surface area (Å²) in [5.74, 6) is -0.341. The van der Waals surface area contributed by atoms with Gasteiger partial charge in [-0.1, -0.05) is 19.1 Å². The monoisotopic (exact) mass is 238 g/mol. The number of rotatable bonds is 5. The summed E-state index contributed by atoms with van der Waals surface area (Å²) in [5.41, 5.74) is -0.0298. The summed E-state index contributed by atoms with van der Waals surface area (Å²) in [5, 5.41) is 10.3. The molecule has 1 aliphatic rings. The molecule has 0 aromatic rings. The first kappa shape index (κ1) is 14.0. The lowest BCUT2D eigenvalue weighted by molar-refractivity contribution is -0.137. The molecule has 0 aromatic carbocycles. The Bertz CT molecular complexity index is 346. The molecule has 0 radical (unpaired) electrons. The van der Waals surface area contributed by atoms with E-state index in [9.17, 15) is 9.90 Å². The van der Waals surface area contributed by atoms with Crippen molar-refractivity contribution in [2.24, 2.45) is 5.41 Å². The van der Waals surface area contributed by atoms with Gasteiger partial charge in [-0.3, -0.25) is 0 Å². The number of carbonyl (C=O) groups is 1. The number of ether oxygens (including phenoxy) is 1. The molecule has 0 spiro atoms. The van der Waals surface area contributed by atoms with Gasteiger partial charge in [0, 0.05) is 6.08 Å². The van der Waals surface area contributed by atoms with Crippen LogP contribution in [0, 0.1) is 5.41 Å². The molecule has 1 N–H and O–H groups in total. The average molecular weight is 238 g/mol. The lowest BCUT2D eigenvalue weighted by atomic mass is 9.87. The fourth-order valence-corrected chi connectivity index (χ4v) is 1.61. The van der Waals surface area contributed by atoms with E-state index in [1.165, 1.54) is 6.08 Å². The van der Waals surface area contributed by atoms with Crippen molar-refractivity contribution in [3.05, 3.63) is 23.8 Å². The molecule has 1 saturated carbocycles. The van der Waals surface area contributed by atoms with E-state index < -0.39 is 5.60 Å². The molecule has 1 atom stereocenters. The minimum Gasteiger partial charge on any atom is -0.463 e. The normalized spacial score (nSPS) is 22.3. The van der Waals surface area contributed by atoms with Crippen molar-refractivity contribution in [3.8, 4) is 0 Å². The maximum absolute atomic E-state index is 11.2. The van der Waals surface area contributed by atoms with Gasteiger partial charge in [0.15, 0.2) is 0 Å². The molecule has 0 saturated heterocycles. The smallest absolute Gasteiger partial charge is 0.330 e. The molecule has 3 heteroatoms. The molecule has 1 aliphatic carbocycles. The Labute approximate surface area is 103 Å². The minimum absolute atomic E-state index is 0.00624. The van der Waals surface area contributed by atoms with Crippen LogP contribution in [-0.2, 0) is 9.53 Å². The number of esters is 1. The van der Waals surface area contributed by atoms with Gasteiger partial charge in [0.2, 0.25) is 0 Å². The summed E-state index contributed by atoms with van der Waals surface area (Å²) in [7, 11) is 0. The van der Waals surface area contributed by atoms with Crippen molar-refractivity contribution < 1.29 is 14.6 Å². The third-order valence-corrected chi connectivity index (χ3v) is 3.52. The quantitative estimate of drug-likeness (QED) is 0.455. The van der Waals surface area contributed by atoms with E-state index in [0.29, 0.717) is 6.61 Å². The topological polar surface area (TPSA) is 46.5 Å². The van der Waals surface area contributed by atoms with Crippen LogP contribution >= 0.6 is 0 Å². The third-order valence-electron chi connectivity index (χ3n) is 3.52. The zero-order chi connectivity index (χ0) is 13.1. The first-order chi connectivity index (χ1) is 7.81. The average Bonchev–Trinajstić information content (AvgIpc) is 2.96. The van der Waals surface area contributed by atoms with Gasteiger partial charge in [0.05, 0.1) is 12.2 Å². The first-order valence-corrected chi connectivity index (χ1v) is 6.07. The Morgan fingerprint density at radius 1 is 1.53 bits per heavy atom. The van der Waals surface area contributed by atoms with Gasteiger partial charge in [-0.25, -0.2) is 4.79 Å². The van der Waals surface area contributed by atoms with Gasteiger partial charge in [0.1, 0.15) is 0 Å². The highest BCUT2D eigenvalue weighted by atomic mass is 16.5. The predicted molar refractivity (Wildman–Crippen MR) is 67.5 cm³/mol. The summed E-state index contributed by atoms with van der Waals surface area (Å²) in [4.78, 5) is 11.2. The predicted octanol–water partition coefficient (Wildman–Crippen LogP) is 2.60. The molecule has 0 amide bonds. The lowest BCUT2D eigenvalue weighted by Crippen LogP contribution is -2.31. The van der Waals surface area contributed by atoms with Crippen molar-refractivity contribution in [1.82, 2.24) is 0 Å². The summed E-state index contributed by atoms with van der Waals surface area (Å²) in [6, 6.07) is 0. The van der Waals surface area contributed by atoms with E-state index >= 15 is 0 Å². The van der Waals surface area contributed by atoms with Gasteiger partial charge >= 0.3 is 5.97 Å². The number of aliphatic hydroxyl groups is 1. The largest absolute Gasteiger partial charge is 0.463 e. The van der Waals surface area contributed by atoms with E-state index in [1.807, 2.05) is 13.8 Å². The van der Waals surface area contributed by atoms with E-state index in [-0.39, 0.29) is 11.4 Å². The molecule has 0 aliphatic heterocycles. The van der Waals surface area contributed by atoms with Crippen LogP contribution in [0.2, 0.25) is 0 Å². The van der Waals surface area contributed by atoms with Gasteiger partial charge in [-0.2, -0.15) is 0 Å². The highest BCUT2D eigenvalue weighted by Crippen LogP contribution is 2.54. The first-order valence-electron chi connectivity index (χ1n) is 6.07. The van der Waals surface area contributed by atoms with Crippen LogP contribution in [0.5, 0.6) is 0 Å². The Morgan fingerprint density at radius 3 is 2.59 bits per heavy atom. The van der Waals surface area contributed by atoms with Gasteiger partial charge < -0.3 is 9.84 Å². The van der Waals surface area contributed by atoms with Gasteiger partial charge in [0.25, 0.3) is 0 Å². The molecule has 3 nitrogen and oxygen atoms in total. The second-order valence-corrected chi connectivity index (χ2v) is 5.18. The molecular formula is C14H22O3. The highest BCUT2D eigenvalue weighted by molar-refractivity contribution is 5.83. The molecule has 17 heavy (non-hydrogen) atoms. The van der Waals surface area contributed by atoms with Gasteiger partial charge in [-0.15, -0.1) is 0 Å². The molecule has 1 rings (SSSR count). The zero-order valence-electron chi connectivity index (χ0n) is 11.1. The van der Waals surface area contributed by atoms with Crippen LogP contribution in [0.3, 0.4) is 0 Å². The summed E-state index contributed by atoms with van der Waals surface area (Å²) >= 11 is 0. The lowest BCUT2D eigenvalue weighted by Gasteiger charge is -2.26. The number of allylic oxidation sites excluding steroid dienone is 2. The Balaban J connectivity index is 2.61. The van der Waals surface area contributed by atoms with E-state index in [2.05, 4.69) is 6.92 Å². The van der Waals surface area contributed by atoms with Gasteiger partial charge in [-0.05, 0) is 44.6 Å². The molecule has 96 valence electrons. The summed E-state index contributed by atoms with van der Waals surface area (Å²) in [6.07, 6.45) is 7.08. The summed E-state index contributed by atoms with van der Waals surface area (Å²) in [6.45, 7) is 7.85. The molecule has 1 unspecified atom stereocenters. The standard InChI is InChI=1S/C14H22O3/c1-5-17-12(15)10-11(2)6-7-14(4,16)13(3)8-9-13/h6-7,10,16H,5,8-9H2,1-4H3/b7-6+,11-10-. The van der Waals surface area contributed by atoms with Crippen molar-refractivity contribution in [1.29, 1.82) is 0 Å². The number of carbonyl (C=O) groups excluding carboxylic acids is 1. The van der Waals surface area contributed by atoms with Crippen molar-refractivity contribution >= 4 is 5.97 Å². The molecule has 0 heterocycles. The SMILES string of the molecule is CCOC(=O)/C=C(C)\C=C\C(C)(O)C1(C)CC1. The number of hydrogen-bond acceptors (Lipinski definition) is 3. The second-order valence-electron chi connectivity index (χ2n) is 5.18. The van der Waals surface area contributed by atoms with E-state index in [4.69, 9.17) is 4.74 Å². The zero-order valence-corrected chi connectivity index (χ0v) is 11.1. The van der Waals surface area contributed by atoms with Crippen LogP contribution < -0.4 is 0 Å². The van der Waals surface area contributed by atoms with Crippen LogP contribution in [-0.4, -0.2) is 23.3 Å². The van der Waals surface area contributed by atoms with Crippen LogP contribution in [0.4, 0.5) is 0 Å². The van der Waals surface area contributed by atoms with Crippen LogP contribution in [0.15, 0.2) is 23.8 Å². The molecular weight excluding hydrogens is 216 g/mol. The Kier molecular flexibility index (Phi) is 4.15. The summed E-state index contributed by atoms with van der Waals surface area (Å²) < 4.78 is 4.81. The highest BCUT2D eigenvalue weighted by Gasteiger charge is 2.50. The van der Waals surface area contributed by atoms with Crippen LogP contribution in [0.1, 0.15) is 40.5 Å². The Hall–Kier alpha value is -1.09. The van der Waals surface area contributed by atoms with Crippen molar-refractivity contribution in [2.45, 2.75) is 46.1 Å². The maximum atomic E-state index is 11.2. The molecule has 0 aromatic heterocycles. The maximum Gasteiger partial charge on any atom is 0.330 e. The fraction of sp³-hybridized carbons (Fsp3) is 0.643. The minimum atomic E-state index is -0.809. The van der Waals surface area contributed by atoms with Crippen LogP contribution in [0.25, 0.3) is 0 Å².